The molecular weight excluding hydrogens is 326 g/mol. The summed E-state index contributed by atoms with van der Waals surface area (Å²) >= 11 is 5.90. The normalized spacial score (nSPS) is 13.2. The Labute approximate surface area is 147 Å². The summed E-state index contributed by atoms with van der Waals surface area (Å²) in [6.45, 7) is 2.31. The lowest BCUT2D eigenvalue weighted by molar-refractivity contribution is 0.101. The average Bonchev–Trinajstić information content (AvgIpc) is 2.62. The van der Waals surface area contributed by atoms with Crippen molar-refractivity contribution in [2.24, 2.45) is 0 Å². The molecule has 1 aromatic heterocycles. The maximum atomic E-state index is 12.4. The number of halogens is 1. The molecule has 128 valence electrons. The maximum Gasteiger partial charge on any atom is 0.317 e. The van der Waals surface area contributed by atoms with Gasteiger partial charge < -0.3 is 15.0 Å². The van der Waals surface area contributed by atoms with Crippen molar-refractivity contribution in [1.82, 2.24) is 15.2 Å². The van der Waals surface area contributed by atoms with Gasteiger partial charge in [0.15, 0.2) is 0 Å². The highest BCUT2D eigenvalue weighted by Crippen LogP contribution is 2.19. The molecule has 0 saturated carbocycles. The Morgan fingerprint density at radius 3 is 2.58 bits per heavy atom. The van der Waals surface area contributed by atoms with Crippen molar-refractivity contribution in [3.63, 3.8) is 0 Å². The van der Waals surface area contributed by atoms with Gasteiger partial charge in [-0.25, -0.2) is 4.79 Å². The van der Waals surface area contributed by atoms with E-state index in [1.807, 2.05) is 37.3 Å². The predicted octanol–water partition coefficient (Wildman–Crippen LogP) is 3.83. The first-order valence-corrected chi connectivity index (χ1v) is 8.10. The van der Waals surface area contributed by atoms with Gasteiger partial charge in [0.2, 0.25) is 0 Å². The zero-order valence-corrected chi connectivity index (χ0v) is 14.8. The van der Waals surface area contributed by atoms with Crippen molar-refractivity contribution in [2.75, 3.05) is 20.7 Å². The number of hydrogen-bond acceptors (Lipinski definition) is 3. The first-order valence-electron chi connectivity index (χ1n) is 7.72. The summed E-state index contributed by atoms with van der Waals surface area (Å²) in [5, 5.41) is 3.57. The number of benzene rings is 1. The van der Waals surface area contributed by atoms with Crippen molar-refractivity contribution in [3.05, 3.63) is 64.9 Å². The van der Waals surface area contributed by atoms with E-state index >= 15 is 0 Å². The van der Waals surface area contributed by atoms with E-state index in [4.69, 9.17) is 16.3 Å². The van der Waals surface area contributed by atoms with Crippen LogP contribution < -0.4 is 5.32 Å². The lowest BCUT2D eigenvalue weighted by atomic mass is 10.1. The number of rotatable bonds is 6. The topological polar surface area (TPSA) is 54.5 Å². The Balaban J connectivity index is 1.94. The van der Waals surface area contributed by atoms with Crippen molar-refractivity contribution >= 4 is 17.6 Å². The number of carbonyl (C=O) groups excluding carboxylic acids is 1. The highest BCUT2D eigenvalue weighted by atomic mass is 35.5. The number of nitrogens with zero attached hydrogens (tertiary/aromatic N) is 2. The number of ether oxygens (including phenoxy) is 1. The molecule has 0 unspecified atom stereocenters. The fraction of sp³-hybridized carbons (Fsp3) is 0.333. The molecule has 2 rings (SSSR count). The minimum absolute atomic E-state index is 0.122. The molecule has 0 bridgehead atoms. The van der Waals surface area contributed by atoms with Gasteiger partial charge in [-0.1, -0.05) is 29.8 Å². The van der Waals surface area contributed by atoms with Crippen molar-refractivity contribution in [2.45, 2.75) is 19.1 Å². The first kappa shape index (κ1) is 18.2. The number of carbonyl (C=O) groups is 1. The molecule has 0 saturated heterocycles. The molecule has 24 heavy (non-hydrogen) atoms. The Bertz CT molecular complexity index is 649. The Morgan fingerprint density at radius 2 is 2.00 bits per heavy atom. The molecule has 2 amide bonds. The van der Waals surface area contributed by atoms with Crippen LogP contribution in [0.5, 0.6) is 0 Å². The van der Waals surface area contributed by atoms with Gasteiger partial charge in [-0.3, -0.25) is 4.98 Å². The summed E-state index contributed by atoms with van der Waals surface area (Å²) in [7, 11) is 3.37. The Morgan fingerprint density at radius 1 is 1.29 bits per heavy atom. The monoisotopic (exact) mass is 347 g/mol. The molecule has 2 aromatic rings. The molecule has 1 heterocycles. The minimum Gasteiger partial charge on any atom is -0.375 e. The van der Waals surface area contributed by atoms with Crippen LogP contribution in [-0.2, 0) is 4.74 Å². The molecule has 5 nitrogen and oxygen atoms in total. The number of nitrogens with one attached hydrogen (secondary N) is 1. The summed E-state index contributed by atoms with van der Waals surface area (Å²) in [4.78, 5) is 18.3. The highest BCUT2D eigenvalue weighted by molar-refractivity contribution is 6.30. The van der Waals surface area contributed by atoms with E-state index in [1.165, 1.54) is 0 Å². The molecule has 6 heteroatoms. The highest BCUT2D eigenvalue weighted by Gasteiger charge is 2.19. The lowest BCUT2D eigenvalue weighted by Gasteiger charge is -2.26. The molecule has 1 N–H and O–H groups in total. The number of urea groups is 1. The second-order valence-electron chi connectivity index (χ2n) is 5.50. The van der Waals surface area contributed by atoms with Crippen LogP contribution in [0.4, 0.5) is 4.79 Å². The molecular formula is C18H22ClN3O2. The standard InChI is InChI=1S/C18H22ClN3O2/c1-13(16-6-4-5-11-20-16)22(2)18(23)21-12-17(24-3)14-7-9-15(19)10-8-14/h4-11,13,17H,12H2,1-3H3,(H,21,23)/t13-,17-/m1/s1. The number of aromatic nitrogens is 1. The smallest absolute Gasteiger partial charge is 0.317 e. The SMILES string of the molecule is CO[C@H](CNC(=O)N(C)[C@H](C)c1ccccn1)c1ccc(Cl)cc1. The van der Waals surface area contributed by atoms with Crippen molar-refractivity contribution < 1.29 is 9.53 Å². The molecule has 0 aliphatic carbocycles. The number of pyridine rings is 1. The van der Waals surface area contributed by atoms with Crippen LogP contribution in [0.3, 0.4) is 0 Å². The summed E-state index contributed by atoms with van der Waals surface area (Å²) in [6.07, 6.45) is 1.49. The fourth-order valence-corrected chi connectivity index (χ4v) is 2.44. The Hall–Kier alpha value is -2.11. The number of amides is 2. The fourth-order valence-electron chi connectivity index (χ4n) is 2.32. The molecule has 0 aliphatic heterocycles. The van der Waals surface area contributed by atoms with E-state index in [0.717, 1.165) is 11.3 Å². The van der Waals surface area contributed by atoms with E-state index in [1.54, 1.807) is 37.4 Å². The largest absolute Gasteiger partial charge is 0.375 e. The lowest BCUT2D eigenvalue weighted by Crippen LogP contribution is -2.40. The summed E-state index contributed by atoms with van der Waals surface area (Å²) in [5.41, 5.74) is 1.80. The van der Waals surface area contributed by atoms with Crippen LogP contribution in [0, 0.1) is 0 Å². The third-order valence-corrected chi connectivity index (χ3v) is 4.23. The van der Waals surface area contributed by atoms with Gasteiger partial charge in [-0.15, -0.1) is 0 Å². The van der Waals surface area contributed by atoms with E-state index in [-0.39, 0.29) is 18.2 Å². The molecule has 0 aliphatic rings. The van der Waals surface area contributed by atoms with E-state index in [2.05, 4.69) is 10.3 Å². The van der Waals surface area contributed by atoms with Crippen LogP contribution in [0.1, 0.15) is 30.3 Å². The summed E-state index contributed by atoms with van der Waals surface area (Å²) < 4.78 is 5.46. The van der Waals surface area contributed by atoms with Gasteiger partial charge in [0.1, 0.15) is 0 Å². The van der Waals surface area contributed by atoms with Crippen LogP contribution in [0.15, 0.2) is 48.7 Å². The zero-order valence-electron chi connectivity index (χ0n) is 14.1. The van der Waals surface area contributed by atoms with E-state index in [0.29, 0.717) is 11.6 Å². The van der Waals surface area contributed by atoms with E-state index < -0.39 is 0 Å². The molecule has 0 spiro atoms. The Kier molecular flexibility index (Phi) is 6.58. The van der Waals surface area contributed by atoms with Gasteiger partial charge >= 0.3 is 6.03 Å². The number of hydrogen-bond donors (Lipinski definition) is 1. The maximum absolute atomic E-state index is 12.4. The zero-order chi connectivity index (χ0) is 17.5. The van der Waals surface area contributed by atoms with Gasteiger partial charge in [-0.2, -0.15) is 0 Å². The van der Waals surface area contributed by atoms with Crippen LogP contribution in [-0.4, -0.2) is 36.6 Å². The minimum atomic E-state index is -0.232. The number of methoxy groups -OCH3 is 1. The van der Waals surface area contributed by atoms with Gasteiger partial charge in [0.05, 0.1) is 17.8 Å². The molecule has 0 radical (unpaired) electrons. The van der Waals surface area contributed by atoms with Crippen LogP contribution in [0.25, 0.3) is 0 Å². The quantitative estimate of drug-likeness (QED) is 0.864. The second kappa shape index (κ2) is 8.66. The van der Waals surface area contributed by atoms with Crippen molar-refractivity contribution in [1.29, 1.82) is 0 Å². The second-order valence-corrected chi connectivity index (χ2v) is 5.94. The predicted molar refractivity (Wildman–Crippen MR) is 95.0 cm³/mol. The molecule has 1 aromatic carbocycles. The van der Waals surface area contributed by atoms with Crippen LogP contribution >= 0.6 is 11.6 Å². The molecule has 2 atom stereocenters. The third-order valence-electron chi connectivity index (χ3n) is 3.98. The average molecular weight is 348 g/mol. The third kappa shape index (κ3) is 4.69. The van der Waals surface area contributed by atoms with Gasteiger partial charge in [0, 0.05) is 31.9 Å². The van der Waals surface area contributed by atoms with Crippen LogP contribution in [0.2, 0.25) is 5.02 Å². The first-order chi connectivity index (χ1) is 11.5. The summed E-state index contributed by atoms with van der Waals surface area (Å²) in [6, 6.07) is 12.8. The van der Waals surface area contributed by atoms with Gasteiger partial charge in [0.25, 0.3) is 0 Å². The summed E-state index contributed by atoms with van der Waals surface area (Å²) in [5.74, 6) is 0. The van der Waals surface area contributed by atoms with Crippen molar-refractivity contribution in [3.8, 4) is 0 Å². The molecule has 0 fully saturated rings. The van der Waals surface area contributed by atoms with E-state index in [9.17, 15) is 4.79 Å². The van der Waals surface area contributed by atoms with Gasteiger partial charge in [-0.05, 0) is 36.8 Å².